The summed E-state index contributed by atoms with van der Waals surface area (Å²) in [6, 6.07) is 11.8. The van der Waals surface area contributed by atoms with Crippen LogP contribution in [0, 0.1) is 0 Å². The summed E-state index contributed by atoms with van der Waals surface area (Å²) in [6.45, 7) is 0.372. The summed E-state index contributed by atoms with van der Waals surface area (Å²) in [4.78, 5) is 24.5. The first-order chi connectivity index (χ1) is 10.1. The number of aromatic nitrogens is 1. The highest BCUT2D eigenvalue weighted by molar-refractivity contribution is 7.16. The molecule has 0 atom stereocenters. The van der Waals surface area contributed by atoms with E-state index in [4.69, 9.17) is 11.6 Å². The monoisotopic (exact) mass is 319 g/mol. The van der Waals surface area contributed by atoms with E-state index < -0.39 is 5.97 Å². The Morgan fingerprint density at radius 2 is 2.00 bits per heavy atom. The molecule has 3 rings (SSSR count). The van der Waals surface area contributed by atoms with E-state index in [1.807, 2.05) is 6.07 Å². The van der Waals surface area contributed by atoms with Crippen LogP contribution in [0.25, 0.3) is 10.9 Å². The van der Waals surface area contributed by atoms with Gasteiger partial charge in [-0.15, -0.1) is 11.3 Å². The van der Waals surface area contributed by atoms with Gasteiger partial charge in [-0.3, -0.25) is 4.79 Å². The number of carbonyl (C=O) groups is 1. The Bertz CT molecular complexity index is 897. The molecule has 0 bridgehead atoms. The molecule has 0 aliphatic rings. The number of para-hydroxylation sites is 1. The highest BCUT2D eigenvalue weighted by Crippen LogP contribution is 2.24. The minimum Gasteiger partial charge on any atom is -0.478 e. The molecule has 0 saturated carbocycles. The van der Waals surface area contributed by atoms with Crippen LogP contribution in [-0.2, 0) is 6.54 Å². The number of rotatable bonds is 3. The van der Waals surface area contributed by atoms with Crippen molar-refractivity contribution in [1.82, 2.24) is 4.57 Å². The predicted octanol–water partition coefficient (Wildman–Crippen LogP) is 3.46. The number of aromatic carboxylic acids is 1. The number of hydrogen-bond acceptors (Lipinski definition) is 3. The van der Waals surface area contributed by atoms with Gasteiger partial charge in [-0.05, 0) is 18.2 Å². The molecule has 1 aromatic carbocycles. The average molecular weight is 320 g/mol. The molecular weight excluding hydrogens is 310 g/mol. The molecule has 4 nitrogen and oxygen atoms in total. The largest absolute Gasteiger partial charge is 0.478 e. The minimum absolute atomic E-state index is 0.0241. The zero-order chi connectivity index (χ0) is 15.0. The van der Waals surface area contributed by atoms with Crippen LogP contribution in [0.4, 0.5) is 0 Å². The lowest BCUT2D eigenvalue weighted by atomic mass is 10.1. The third kappa shape index (κ3) is 2.57. The summed E-state index contributed by atoms with van der Waals surface area (Å²) in [7, 11) is 0. The van der Waals surface area contributed by atoms with Gasteiger partial charge in [0.2, 0.25) is 0 Å². The number of carboxylic acids is 1. The van der Waals surface area contributed by atoms with Gasteiger partial charge in [-0.1, -0.05) is 29.8 Å². The van der Waals surface area contributed by atoms with Crippen LogP contribution in [-0.4, -0.2) is 15.6 Å². The number of thiophene rings is 1. The molecule has 106 valence electrons. The standard InChI is InChI=1S/C15H10ClNO3S/c16-13-6-5-9(21-13)8-17-12-4-2-1-3-10(12)11(15(19)20)7-14(17)18/h1-7H,8H2,(H,19,20). The number of fused-ring (bicyclic) bond motifs is 1. The molecule has 0 aliphatic heterocycles. The van der Waals surface area contributed by atoms with Crippen LogP contribution in [0.5, 0.6) is 0 Å². The van der Waals surface area contributed by atoms with E-state index >= 15 is 0 Å². The predicted molar refractivity (Wildman–Crippen MR) is 83.6 cm³/mol. The molecule has 0 unspecified atom stereocenters. The second-order valence-corrected chi connectivity index (χ2v) is 6.31. The number of nitrogens with zero attached hydrogens (tertiary/aromatic N) is 1. The Balaban J connectivity index is 2.23. The first kappa shape index (κ1) is 13.9. The van der Waals surface area contributed by atoms with Crippen molar-refractivity contribution in [2.24, 2.45) is 0 Å². The van der Waals surface area contributed by atoms with Crippen molar-refractivity contribution in [3.05, 3.63) is 67.6 Å². The molecule has 3 aromatic rings. The molecule has 0 amide bonds. The first-order valence-corrected chi connectivity index (χ1v) is 7.36. The van der Waals surface area contributed by atoms with E-state index in [0.717, 1.165) is 4.88 Å². The van der Waals surface area contributed by atoms with Gasteiger partial charge in [0.05, 0.1) is 22.0 Å². The third-order valence-corrected chi connectivity index (χ3v) is 4.41. The first-order valence-electron chi connectivity index (χ1n) is 6.16. The molecular formula is C15H10ClNO3S. The smallest absolute Gasteiger partial charge is 0.336 e. The lowest BCUT2D eigenvalue weighted by Crippen LogP contribution is -2.22. The molecule has 0 fully saturated rings. The van der Waals surface area contributed by atoms with Crippen LogP contribution < -0.4 is 5.56 Å². The van der Waals surface area contributed by atoms with E-state index in [-0.39, 0.29) is 11.1 Å². The summed E-state index contributed by atoms with van der Waals surface area (Å²) in [5.41, 5.74) is 0.290. The van der Waals surface area contributed by atoms with Crippen molar-refractivity contribution in [3.8, 4) is 0 Å². The fourth-order valence-corrected chi connectivity index (χ4v) is 3.34. The maximum atomic E-state index is 12.2. The van der Waals surface area contributed by atoms with Crippen LogP contribution >= 0.6 is 22.9 Å². The summed E-state index contributed by atoms with van der Waals surface area (Å²) in [5, 5.41) is 9.78. The van der Waals surface area contributed by atoms with Crippen LogP contribution in [0.1, 0.15) is 15.2 Å². The zero-order valence-electron chi connectivity index (χ0n) is 10.7. The molecule has 21 heavy (non-hydrogen) atoms. The molecule has 1 N–H and O–H groups in total. The van der Waals surface area contributed by atoms with Gasteiger partial charge < -0.3 is 9.67 Å². The summed E-state index contributed by atoms with van der Waals surface area (Å²) >= 11 is 7.30. The Hall–Kier alpha value is -2.11. The van der Waals surface area contributed by atoms with Gasteiger partial charge in [0, 0.05) is 16.3 Å². The molecule has 0 radical (unpaired) electrons. The second kappa shape index (κ2) is 5.35. The topological polar surface area (TPSA) is 59.3 Å². The highest BCUT2D eigenvalue weighted by atomic mass is 35.5. The second-order valence-electron chi connectivity index (χ2n) is 4.51. The Kier molecular flexibility index (Phi) is 3.53. The van der Waals surface area contributed by atoms with Gasteiger partial charge in [0.1, 0.15) is 0 Å². The van der Waals surface area contributed by atoms with Gasteiger partial charge in [-0.25, -0.2) is 4.79 Å². The number of carboxylic acid groups (broad SMARTS) is 1. The number of pyridine rings is 1. The third-order valence-electron chi connectivity index (χ3n) is 3.19. The molecule has 2 heterocycles. The van der Waals surface area contributed by atoms with E-state index in [2.05, 4.69) is 0 Å². The average Bonchev–Trinajstić information content (AvgIpc) is 2.87. The van der Waals surface area contributed by atoms with Gasteiger partial charge in [0.25, 0.3) is 5.56 Å². The minimum atomic E-state index is -1.10. The Labute approximate surface area is 128 Å². The molecule has 0 aliphatic carbocycles. The number of halogens is 1. The summed E-state index contributed by atoms with van der Waals surface area (Å²) in [6.07, 6.45) is 0. The molecule has 6 heteroatoms. The SMILES string of the molecule is O=C(O)c1cc(=O)n(Cc2ccc(Cl)s2)c2ccccc12. The Morgan fingerprint density at radius 3 is 2.67 bits per heavy atom. The lowest BCUT2D eigenvalue weighted by Gasteiger charge is -2.11. The molecule has 0 spiro atoms. The quantitative estimate of drug-likeness (QED) is 0.804. The highest BCUT2D eigenvalue weighted by Gasteiger charge is 2.14. The van der Waals surface area contributed by atoms with Crippen molar-refractivity contribution in [3.63, 3.8) is 0 Å². The van der Waals surface area contributed by atoms with Crippen molar-refractivity contribution >= 4 is 39.8 Å². The summed E-state index contributed by atoms with van der Waals surface area (Å²) < 4.78 is 2.22. The molecule has 2 aromatic heterocycles. The van der Waals surface area contributed by atoms with E-state index in [0.29, 0.717) is 21.8 Å². The van der Waals surface area contributed by atoms with Crippen LogP contribution in [0.15, 0.2) is 47.3 Å². The van der Waals surface area contributed by atoms with Crippen LogP contribution in [0.2, 0.25) is 4.34 Å². The normalized spacial score (nSPS) is 10.9. The maximum absolute atomic E-state index is 12.2. The van der Waals surface area contributed by atoms with Crippen molar-refractivity contribution in [2.75, 3.05) is 0 Å². The fourth-order valence-electron chi connectivity index (χ4n) is 2.27. The maximum Gasteiger partial charge on any atom is 0.336 e. The van der Waals surface area contributed by atoms with Crippen LogP contribution in [0.3, 0.4) is 0 Å². The zero-order valence-corrected chi connectivity index (χ0v) is 12.3. The number of benzene rings is 1. The Morgan fingerprint density at radius 1 is 1.24 bits per heavy atom. The van der Waals surface area contributed by atoms with Crippen molar-refractivity contribution < 1.29 is 9.90 Å². The van der Waals surface area contributed by atoms with E-state index in [1.165, 1.54) is 17.4 Å². The van der Waals surface area contributed by atoms with Crippen molar-refractivity contribution in [1.29, 1.82) is 0 Å². The number of hydrogen-bond donors (Lipinski definition) is 1. The molecule has 0 saturated heterocycles. The van der Waals surface area contributed by atoms with Gasteiger partial charge in [0.15, 0.2) is 0 Å². The fraction of sp³-hybridized carbons (Fsp3) is 0.0667. The van der Waals surface area contributed by atoms with E-state index in [9.17, 15) is 14.7 Å². The van der Waals surface area contributed by atoms with Gasteiger partial charge >= 0.3 is 5.97 Å². The van der Waals surface area contributed by atoms with Gasteiger partial charge in [-0.2, -0.15) is 0 Å². The summed E-state index contributed by atoms with van der Waals surface area (Å²) in [5.74, 6) is -1.10. The van der Waals surface area contributed by atoms with Crippen molar-refractivity contribution in [2.45, 2.75) is 6.54 Å². The lowest BCUT2D eigenvalue weighted by molar-refractivity contribution is 0.0698. The van der Waals surface area contributed by atoms with E-state index in [1.54, 1.807) is 34.9 Å².